The highest BCUT2D eigenvalue weighted by Gasteiger charge is 2.54. The Morgan fingerprint density at radius 3 is 0.971 bits per heavy atom. The van der Waals surface area contributed by atoms with Crippen LogP contribution in [0.3, 0.4) is 0 Å². The van der Waals surface area contributed by atoms with E-state index in [0.717, 1.165) is 57.6 Å². The summed E-state index contributed by atoms with van der Waals surface area (Å²) in [6.07, 6.45) is -15.9. The number of ether oxygens (including phenoxy) is 3. The van der Waals surface area contributed by atoms with Crippen molar-refractivity contribution in [3.8, 4) is 0 Å². The number of carbonyl (C=O) groups is 8. The van der Waals surface area contributed by atoms with Crippen LogP contribution in [0.25, 0.3) is 0 Å². The van der Waals surface area contributed by atoms with E-state index in [0.29, 0.717) is 13.7 Å². The topological polar surface area (TPSA) is 496 Å². The van der Waals surface area contributed by atoms with E-state index >= 15 is 0 Å². The summed E-state index contributed by atoms with van der Waals surface area (Å²) in [5, 5.41) is 79.1. The molecule has 6 heterocycles. The summed E-state index contributed by atoms with van der Waals surface area (Å²) in [5.41, 5.74) is -3.98. The van der Waals surface area contributed by atoms with Crippen LogP contribution >= 0.6 is 25.3 Å². The minimum absolute atomic E-state index is 0.0168. The fraction of sp³-hybridized carbons (Fsp3) is 0.649. The van der Waals surface area contributed by atoms with Crippen molar-refractivity contribution in [2.75, 3.05) is 119 Å². The van der Waals surface area contributed by atoms with Gasteiger partial charge in [-0.05, 0) is 39.0 Å². The Morgan fingerprint density at radius 1 is 0.480 bits per heavy atom. The van der Waals surface area contributed by atoms with Crippen LogP contribution < -0.4 is 59.6 Å². The van der Waals surface area contributed by atoms with E-state index in [9.17, 15) is 110 Å². The van der Waals surface area contributed by atoms with E-state index in [1.807, 2.05) is 0 Å². The molecule has 0 saturated carbocycles. The molecule has 45 heteroatoms. The standard InChI is InChI=1S/C57H81F6N17O20S2/c1-29(84)43(46(92)66-35-4-9-78(52(95)69-35)49-55(58,59)18-32(26-81)98-49)72-40(89)23-75(12-14-76(21-38(87)64-7-16-101)24-41(90)73-44(30(2)85)47(93)67-36-5-10-79(53(96)70-36)50-56(60,61)19-33(27-82)99-50)13-15-77(22-39(88)65-8-17-102)25-42(91)74-45(31(3)86)48(94)68-37-6-11-80(54(97)71-37)51-57(62,63)20-34(28-83)100-51/h4-6,9-11,29-34,43-45,49-51,81-86,101-102H,7-8,12-28H2,1-3H3,(H,64,87)(H,65,88)(H,72,89)(H,73,90)(H,74,91)(H,66,69,92,95)(H,67,70,93,96)(H,68,71,94,97)/t29-,30-,31-,32-,33-,34-,43+,44+,45+,49+,50+,51+/m0/s1. The number of hydrogen-bond donors (Lipinski definition) is 16. The van der Waals surface area contributed by atoms with Crippen LogP contribution in [0.1, 0.15) is 58.7 Å². The number of aliphatic hydroxyl groups is 6. The van der Waals surface area contributed by atoms with Gasteiger partial charge in [-0.2, -0.15) is 40.2 Å². The molecule has 568 valence electrons. The Labute approximate surface area is 586 Å². The van der Waals surface area contributed by atoms with Crippen molar-refractivity contribution in [1.29, 1.82) is 0 Å². The van der Waals surface area contributed by atoms with Crippen molar-refractivity contribution in [2.45, 2.75) is 131 Å². The minimum Gasteiger partial charge on any atom is -0.394 e. The number of nitrogens with zero attached hydrogens (tertiary/aromatic N) is 9. The second-order valence-electron chi connectivity index (χ2n) is 24.0. The molecule has 0 aliphatic carbocycles. The van der Waals surface area contributed by atoms with Crippen LogP contribution in [0.15, 0.2) is 51.2 Å². The van der Waals surface area contributed by atoms with Gasteiger partial charge in [0.25, 0.3) is 35.5 Å². The van der Waals surface area contributed by atoms with Gasteiger partial charge in [-0.25, -0.2) is 40.7 Å². The highest BCUT2D eigenvalue weighted by atomic mass is 32.1. The normalized spacial score (nSPS) is 21.5. The lowest BCUT2D eigenvalue weighted by atomic mass is 10.1. The highest BCUT2D eigenvalue weighted by molar-refractivity contribution is 7.80. The molecule has 0 radical (unpaired) electrons. The molecule has 102 heavy (non-hydrogen) atoms. The summed E-state index contributed by atoms with van der Waals surface area (Å²) in [7, 11) is 0. The van der Waals surface area contributed by atoms with E-state index < -0.39 is 245 Å². The summed E-state index contributed by atoms with van der Waals surface area (Å²) in [6, 6.07) is -2.76. The molecule has 3 aromatic rings. The second kappa shape index (κ2) is 37.6. The number of nitrogens with one attached hydrogen (secondary N) is 8. The first-order valence-corrected chi connectivity index (χ1v) is 32.8. The molecule has 6 rings (SSSR count). The number of anilines is 3. The molecule has 0 unspecified atom stereocenters. The minimum atomic E-state index is -3.63. The lowest BCUT2D eigenvalue weighted by molar-refractivity contribution is -0.131. The SMILES string of the molecule is C[C@H](O)[C@@H](NC(=O)CN(CCN(CC(=O)NCCS)CC(=O)N[C@@H](C(=O)Nc1ccn([C@@H]2O[C@H](CO)CC2(F)F)c(=O)n1)[C@H](C)O)CCN(CC(=O)NCCS)CC(=O)N[C@@H](C(=O)Nc1ccn([C@@H]2O[C@H](CO)CC2(F)F)c(=O)n1)[C@H](C)O)C(=O)Nc1ccn([C@@H]2O[C@H](CO)CC2(F)F)c(=O)n1. The number of hydrogen-bond acceptors (Lipinski definition) is 28. The van der Waals surface area contributed by atoms with Crippen LogP contribution in [-0.2, 0) is 52.6 Å². The van der Waals surface area contributed by atoms with Crippen LogP contribution in [0.2, 0.25) is 0 Å². The van der Waals surface area contributed by atoms with Crippen molar-refractivity contribution >= 4 is 90.0 Å². The Kier molecular flexibility index (Phi) is 30.6. The predicted molar refractivity (Wildman–Crippen MR) is 347 cm³/mol. The molecular weight excluding hydrogens is 1420 g/mol. The number of amides is 8. The first kappa shape index (κ1) is 83.1. The number of alkyl halides is 6. The first-order chi connectivity index (χ1) is 48.0. The Hall–Kier alpha value is -7.80. The van der Waals surface area contributed by atoms with Crippen LogP contribution in [0, 0.1) is 0 Å². The Morgan fingerprint density at radius 2 is 0.735 bits per heavy atom. The predicted octanol–water partition coefficient (Wildman–Crippen LogP) is -6.09. The first-order valence-electron chi connectivity index (χ1n) is 31.5. The molecule has 3 aliphatic heterocycles. The highest BCUT2D eigenvalue weighted by Crippen LogP contribution is 2.44. The maximum atomic E-state index is 14.8. The third-order valence-electron chi connectivity index (χ3n) is 15.6. The van der Waals surface area contributed by atoms with E-state index in [1.54, 1.807) is 0 Å². The molecule has 3 aliphatic rings. The molecule has 3 aromatic heterocycles. The van der Waals surface area contributed by atoms with Gasteiger partial charge in [0, 0.05) is 88.6 Å². The zero-order chi connectivity index (χ0) is 75.6. The quantitative estimate of drug-likeness (QED) is 0.0188. The van der Waals surface area contributed by atoms with Crippen LogP contribution in [-0.4, -0.2) is 297 Å². The van der Waals surface area contributed by atoms with Gasteiger partial charge in [0.2, 0.25) is 48.2 Å². The molecule has 37 nitrogen and oxygen atoms in total. The molecule has 0 spiro atoms. The number of aliphatic hydroxyl groups excluding tert-OH is 6. The third kappa shape index (κ3) is 23.6. The Balaban J connectivity index is 1.23. The molecule has 3 fully saturated rings. The molecule has 12 atom stereocenters. The van der Waals surface area contributed by atoms with Crippen molar-refractivity contribution in [3.63, 3.8) is 0 Å². The number of rotatable bonds is 38. The van der Waals surface area contributed by atoms with Gasteiger partial charge in [0.1, 0.15) is 35.6 Å². The van der Waals surface area contributed by atoms with E-state index in [-0.39, 0.29) is 50.8 Å². The summed E-state index contributed by atoms with van der Waals surface area (Å²) in [4.78, 5) is 163. The van der Waals surface area contributed by atoms with Gasteiger partial charge in [0.05, 0.1) is 89.2 Å². The number of halogens is 6. The lowest BCUT2D eigenvalue weighted by Gasteiger charge is -2.30. The van der Waals surface area contributed by atoms with Crippen molar-refractivity contribution in [3.05, 3.63) is 68.2 Å². The fourth-order valence-electron chi connectivity index (χ4n) is 10.6. The smallest absolute Gasteiger partial charge is 0.351 e. The maximum Gasteiger partial charge on any atom is 0.351 e. The van der Waals surface area contributed by atoms with Gasteiger partial charge in [-0.1, -0.05) is 0 Å². The molecule has 3 saturated heterocycles. The number of aromatic nitrogens is 6. The summed E-state index contributed by atoms with van der Waals surface area (Å²) < 4.78 is 105. The van der Waals surface area contributed by atoms with Crippen LogP contribution in [0.4, 0.5) is 43.8 Å². The molecule has 14 N–H and O–H groups in total. The van der Waals surface area contributed by atoms with Gasteiger partial charge >= 0.3 is 17.1 Å². The summed E-state index contributed by atoms with van der Waals surface area (Å²) in [6.45, 7) is -4.12. The van der Waals surface area contributed by atoms with Crippen molar-refractivity contribution < 1.29 is 110 Å². The van der Waals surface area contributed by atoms with Crippen LogP contribution in [0.5, 0.6) is 0 Å². The lowest BCUT2D eigenvalue weighted by Crippen LogP contribution is -2.55. The van der Waals surface area contributed by atoms with Gasteiger partial charge in [-0.3, -0.25) is 66.8 Å². The summed E-state index contributed by atoms with van der Waals surface area (Å²) >= 11 is 8.20. The average Bonchev–Trinajstić information content (AvgIpc) is 1.63. The second-order valence-corrected chi connectivity index (χ2v) is 24.8. The van der Waals surface area contributed by atoms with E-state index in [4.69, 9.17) is 14.2 Å². The van der Waals surface area contributed by atoms with E-state index in [1.165, 1.54) is 14.7 Å². The average molecular weight is 1500 g/mol. The Bertz CT molecular complexity index is 3440. The van der Waals surface area contributed by atoms with E-state index in [2.05, 4.69) is 82.7 Å². The zero-order valence-electron chi connectivity index (χ0n) is 54.9. The maximum absolute atomic E-state index is 14.8. The van der Waals surface area contributed by atoms with Gasteiger partial charge < -0.3 is 87.4 Å². The third-order valence-corrected chi connectivity index (χ3v) is 16.0. The zero-order valence-corrected chi connectivity index (χ0v) is 56.7. The van der Waals surface area contributed by atoms with Gasteiger partial charge in [0.15, 0.2) is 0 Å². The molecule has 0 bridgehead atoms. The number of carbonyl (C=O) groups excluding carboxylic acids is 8. The largest absolute Gasteiger partial charge is 0.394 e. The molecule has 8 amide bonds. The van der Waals surface area contributed by atoms with Gasteiger partial charge in [-0.15, -0.1) is 0 Å². The van der Waals surface area contributed by atoms with Crippen molar-refractivity contribution in [1.82, 2.24) is 69.9 Å². The molecular formula is C57H81F6N17O20S2. The molecule has 0 aromatic carbocycles. The fourth-order valence-corrected chi connectivity index (χ4v) is 10.8. The monoisotopic (exact) mass is 1500 g/mol. The van der Waals surface area contributed by atoms with Crippen molar-refractivity contribution in [2.24, 2.45) is 0 Å². The number of thiol groups is 2. The summed E-state index contributed by atoms with van der Waals surface area (Å²) in [5.74, 6) is -20.2.